The Morgan fingerprint density at radius 2 is 1.79 bits per heavy atom. The minimum absolute atomic E-state index is 0.0231. The molecule has 2 saturated heterocycles. The highest BCUT2D eigenvalue weighted by atomic mass is 16.5. The van der Waals surface area contributed by atoms with E-state index in [4.69, 9.17) is 14.2 Å². The Balaban J connectivity index is 1.39. The van der Waals surface area contributed by atoms with Gasteiger partial charge in [-0.05, 0) is 43.0 Å². The molecule has 0 spiro atoms. The van der Waals surface area contributed by atoms with Gasteiger partial charge < -0.3 is 29.3 Å². The summed E-state index contributed by atoms with van der Waals surface area (Å²) in [6.07, 6.45) is 4.98. The molecule has 2 aliphatic rings. The number of carbonyl (C=O) groups is 3. The fraction of sp³-hybridized carbons (Fsp3) is 0.531. The fourth-order valence-corrected chi connectivity index (χ4v) is 5.51. The Kier molecular flexibility index (Phi) is 10.9. The van der Waals surface area contributed by atoms with E-state index >= 15 is 0 Å². The molecule has 0 bridgehead atoms. The predicted molar refractivity (Wildman–Crippen MR) is 161 cm³/mol. The van der Waals surface area contributed by atoms with Crippen LogP contribution in [0, 0.1) is 0 Å². The summed E-state index contributed by atoms with van der Waals surface area (Å²) in [7, 11) is 3.22. The van der Waals surface area contributed by atoms with E-state index < -0.39 is 0 Å². The topological polar surface area (TPSA) is 101 Å². The van der Waals surface area contributed by atoms with E-state index in [0.29, 0.717) is 56.6 Å². The summed E-state index contributed by atoms with van der Waals surface area (Å²) in [4.78, 5) is 43.2. The van der Waals surface area contributed by atoms with E-state index in [0.717, 1.165) is 48.9 Å². The molecule has 4 amide bonds. The minimum atomic E-state index is -0.0877. The zero-order valence-electron chi connectivity index (χ0n) is 25.3. The summed E-state index contributed by atoms with van der Waals surface area (Å²) >= 11 is 0. The Morgan fingerprint density at radius 3 is 2.50 bits per heavy atom. The first-order valence-electron chi connectivity index (χ1n) is 14.9. The third-order valence-corrected chi connectivity index (χ3v) is 7.85. The van der Waals surface area contributed by atoms with Crippen LogP contribution >= 0.6 is 0 Å². The Labute approximate surface area is 248 Å². The highest BCUT2D eigenvalue weighted by Gasteiger charge is 2.29. The highest BCUT2D eigenvalue weighted by molar-refractivity contribution is 5.93. The Bertz CT molecular complexity index is 1250. The summed E-state index contributed by atoms with van der Waals surface area (Å²) in [6.45, 7) is 7.17. The van der Waals surface area contributed by atoms with Gasteiger partial charge in [0.2, 0.25) is 11.8 Å². The van der Waals surface area contributed by atoms with Gasteiger partial charge in [-0.3, -0.25) is 14.5 Å². The summed E-state index contributed by atoms with van der Waals surface area (Å²) < 4.78 is 17.2. The van der Waals surface area contributed by atoms with Gasteiger partial charge in [0.25, 0.3) is 0 Å². The first kappa shape index (κ1) is 31.0. The van der Waals surface area contributed by atoms with Crippen molar-refractivity contribution in [3.63, 3.8) is 0 Å². The lowest BCUT2D eigenvalue weighted by molar-refractivity contribution is -0.128. The van der Waals surface area contributed by atoms with Gasteiger partial charge in [0, 0.05) is 56.5 Å². The number of carbonyl (C=O) groups excluding carboxylic acids is 3. The number of ether oxygens (including phenoxy) is 3. The molecule has 2 fully saturated rings. The van der Waals surface area contributed by atoms with Crippen LogP contribution in [0.15, 0.2) is 36.4 Å². The van der Waals surface area contributed by atoms with Crippen LogP contribution in [-0.4, -0.2) is 80.7 Å². The molecule has 4 rings (SSSR count). The van der Waals surface area contributed by atoms with Gasteiger partial charge in [0.15, 0.2) is 11.5 Å². The second-order valence-electron chi connectivity index (χ2n) is 10.9. The van der Waals surface area contributed by atoms with Gasteiger partial charge >= 0.3 is 6.03 Å². The number of anilines is 1. The molecule has 1 unspecified atom stereocenters. The number of hydrogen-bond acceptors (Lipinski definition) is 6. The van der Waals surface area contributed by atoms with Crippen LogP contribution < -0.4 is 24.4 Å². The van der Waals surface area contributed by atoms with Gasteiger partial charge in [0.05, 0.1) is 33.8 Å². The van der Waals surface area contributed by atoms with Crippen molar-refractivity contribution in [2.45, 2.75) is 65.0 Å². The lowest BCUT2D eigenvalue weighted by atomic mass is 10.1. The van der Waals surface area contributed by atoms with E-state index in [1.807, 2.05) is 41.3 Å². The molecular formula is C32H44N4O6. The molecule has 0 radical (unpaired) electrons. The number of amides is 4. The Morgan fingerprint density at radius 1 is 0.976 bits per heavy atom. The van der Waals surface area contributed by atoms with Gasteiger partial charge in [-0.15, -0.1) is 0 Å². The van der Waals surface area contributed by atoms with Crippen LogP contribution in [0.25, 0.3) is 0 Å². The van der Waals surface area contributed by atoms with Crippen molar-refractivity contribution >= 4 is 23.5 Å². The SMILES string of the molecule is CCCCCOc1cc(N2CCCN(Cc3ccc(CC(=O)NC4CCN(C(C)=O)C4)cc3OC)C2=O)ccc1OC. The first-order valence-corrected chi connectivity index (χ1v) is 14.9. The second-order valence-corrected chi connectivity index (χ2v) is 10.9. The van der Waals surface area contributed by atoms with Crippen molar-refractivity contribution < 1.29 is 28.6 Å². The standard InChI is InChI=1S/C32H44N4O6/c1-5-6-7-17-42-30-20-27(11-12-28(30)40-3)36-15-8-14-35(32(36)39)21-25-10-9-24(18-29(25)41-4)19-31(38)33-26-13-16-34(22-26)23(2)37/h9-12,18,20,26H,5-8,13-17,19,21-22H2,1-4H3,(H,33,38). The summed E-state index contributed by atoms with van der Waals surface area (Å²) in [6, 6.07) is 11.2. The van der Waals surface area contributed by atoms with E-state index in [9.17, 15) is 14.4 Å². The third-order valence-electron chi connectivity index (χ3n) is 7.85. The number of hydrogen-bond donors (Lipinski definition) is 1. The second kappa shape index (κ2) is 14.8. The maximum absolute atomic E-state index is 13.6. The molecule has 2 aromatic rings. The number of nitrogens with zero attached hydrogens (tertiary/aromatic N) is 3. The normalized spacial score (nSPS) is 16.9. The van der Waals surface area contributed by atoms with E-state index in [2.05, 4.69) is 12.2 Å². The van der Waals surface area contributed by atoms with E-state index in [1.165, 1.54) is 0 Å². The monoisotopic (exact) mass is 580 g/mol. The number of urea groups is 1. The molecule has 10 nitrogen and oxygen atoms in total. The number of methoxy groups -OCH3 is 2. The van der Waals surface area contributed by atoms with Gasteiger partial charge in [-0.25, -0.2) is 4.79 Å². The van der Waals surface area contributed by atoms with Crippen LogP contribution in [0.4, 0.5) is 10.5 Å². The zero-order valence-corrected chi connectivity index (χ0v) is 25.3. The zero-order chi connectivity index (χ0) is 30.1. The lowest BCUT2D eigenvalue weighted by Gasteiger charge is -2.36. The smallest absolute Gasteiger partial charge is 0.324 e. The van der Waals surface area contributed by atoms with Crippen LogP contribution in [0.5, 0.6) is 17.2 Å². The molecule has 2 heterocycles. The molecule has 0 saturated carbocycles. The average Bonchev–Trinajstić information content (AvgIpc) is 3.45. The maximum Gasteiger partial charge on any atom is 0.324 e. The molecule has 42 heavy (non-hydrogen) atoms. The van der Waals surface area contributed by atoms with Crippen molar-refractivity contribution in [1.82, 2.24) is 15.1 Å². The molecule has 2 aromatic carbocycles. The van der Waals surface area contributed by atoms with E-state index in [1.54, 1.807) is 30.9 Å². The van der Waals surface area contributed by atoms with Crippen molar-refractivity contribution in [1.29, 1.82) is 0 Å². The highest BCUT2D eigenvalue weighted by Crippen LogP contribution is 2.34. The first-order chi connectivity index (χ1) is 20.3. The van der Waals surface area contributed by atoms with Crippen LogP contribution in [0.1, 0.15) is 57.1 Å². The number of likely N-dealkylation sites (tertiary alicyclic amines) is 1. The number of unbranched alkanes of at least 4 members (excludes halogenated alkanes) is 2. The van der Waals surface area contributed by atoms with Crippen molar-refractivity contribution in [2.24, 2.45) is 0 Å². The quantitative estimate of drug-likeness (QED) is 0.353. The fourth-order valence-electron chi connectivity index (χ4n) is 5.51. The van der Waals surface area contributed by atoms with Crippen LogP contribution in [-0.2, 0) is 22.6 Å². The molecular weight excluding hydrogens is 536 g/mol. The van der Waals surface area contributed by atoms with Crippen molar-refractivity contribution in [3.8, 4) is 17.2 Å². The molecule has 10 heteroatoms. The van der Waals surface area contributed by atoms with E-state index in [-0.39, 0.29) is 30.3 Å². The number of nitrogens with one attached hydrogen (secondary N) is 1. The largest absolute Gasteiger partial charge is 0.496 e. The molecule has 228 valence electrons. The third kappa shape index (κ3) is 7.86. The summed E-state index contributed by atoms with van der Waals surface area (Å²) in [5, 5.41) is 3.04. The predicted octanol–water partition coefficient (Wildman–Crippen LogP) is 4.38. The van der Waals surface area contributed by atoms with Crippen LogP contribution in [0.2, 0.25) is 0 Å². The average molecular weight is 581 g/mol. The molecule has 1 atom stereocenters. The van der Waals surface area contributed by atoms with Gasteiger partial charge in [0.1, 0.15) is 5.75 Å². The maximum atomic E-state index is 13.6. The van der Waals surface area contributed by atoms with Crippen LogP contribution in [0.3, 0.4) is 0 Å². The number of rotatable bonds is 13. The van der Waals surface area contributed by atoms with Crippen molar-refractivity contribution in [3.05, 3.63) is 47.5 Å². The summed E-state index contributed by atoms with van der Waals surface area (Å²) in [5.41, 5.74) is 2.48. The van der Waals surface area contributed by atoms with Gasteiger partial charge in [-0.1, -0.05) is 31.9 Å². The molecule has 0 aliphatic carbocycles. The lowest BCUT2D eigenvalue weighted by Crippen LogP contribution is -2.49. The summed E-state index contributed by atoms with van der Waals surface area (Å²) in [5.74, 6) is 1.87. The minimum Gasteiger partial charge on any atom is -0.496 e. The molecule has 0 aromatic heterocycles. The van der Waals surface area contributed by atoms with Gasteiger partial charge in [-0.2, -0.15) is 0 Å². The molecule has 1 N–H and O–H groups in total. The molecule has 2 aliphatic heterocycles. The number of benzene rings is 2. The Hall–Kier alpha value is -3.95. The van der Waals surface area contributed by atoms with Crippen molar-refractivity contribution in [2.75, 3.05) is 51.9 Å².